The summed E-state index contributed by atoms with van der Waals surface area (Å²) in [5.41, 5.74) is 2.11. The average molecular weight is 502 g/mol. The highest BCUT2D eigenvalue weighted by atomic mass is 32.2. The van der Waals surface area contributed by atoms with Crippen LogP contribution in [0.15, 0.2) is 78.0 Å². The maximum Gasteiger partial charge on any atom is 0.266 e. The minimum Gasteiger partial charge on any atom is -0.323 e. The number of thioether (sulfide) groups is 1. The van der Waals surface area contributed by atoms with Crippen molar-refractivity contribution in [2.45, 2.75) is 18.6 Å². The van der Waals surface area contributed by atoms with Crippen molar-refractivity contribution in [1.29, 1.82) is 0 Å². The van der Waals surface area contributed by atoms with Crippen LogP contribution in [0.4, 0.5) is 15.8 Å². The second-order valence-electron chi connectivity index (χ2n) is 7.91. The van der Waals surface area contributed by atoms with Crippen molar-refractivity contribution in [1.82, 2.24) is 14.8 Å². The van der Waals surface area contributed by atoms with Gasteiger partial charge in [-0.25, -0.2) is 9.29 Å². The van der Waals surface area contributed by atoms with Crippen LogP contribution in [0.2, 0.25) is 0 Å². The molecule has 5 rings (SSSR count). The normalized spacial score (nSPS) is 12.7. The van der Waals surface area contributed by atoms with Gasteiger partial charge >= 0.3 is 0 Å². The number of imide groups is 1. The third-order valence-electron chi connectivity index (χ3n) is 5.69. The molecular formula is C26H20FN5O3S. The predicted octanol–water partition coefficient (Wildman–Crippen LogP) is 4.64. The molecule has 3 aromatic carbocycles. The van der Waals surface area contributed by atoms with Gasteiger partial charge < -0.3 is 9.88 Å². The number of carbonyl (C=O) groups excluding carboxylic acids is 3. The summed E-state index contributed by atoms with van der Waals surface area (Å²) in [5, 5.41) is 11.6. The first-order chi connectivity index (χ1) is 17.5. The van der Waals surface area contributed by atoms with E-state index in [-0.39, 0.29) is 29.2 Å². The van der Waals surface area contributed by atoms with E-state index in [1.165, 1.54) is 23.9 Å². The zero-order valence-electron chi connectivity index (χ0n) is 19.1. The van der Waals surface area contributed by atoms with Gasteiger partial charge in [-0.1, -0.05) is 36.0 Å². The number of anilines is 2. The maximum atomic E-state index is 13.8. The van der Waals surface area contributed by atoms with E-state index < -0.39 is 5.82 Å². The van der Waals surface area contributed by atoms with Crippen molar-refractivity contribution >= 4 is 40.9 Å². The molecule has 0 fully saturated rings. The van der Waals surface area contributed by atoms with Crippen molar-refractivity contribution in [2.75, 3.05) is 16.0 Å². The Hall–Kier alpha value is -4.31. The van der Waals surface area contributed by atoms with Crippen molar-refractivity contribution in [3.63, 3.8) is 0 Å². The van der Waals surface area contributed by atoms with Gasteiger partial charge in [0, 0.05) is 12.1 Å². The van der Waals surface area contributed by atoms with Gasteiger partial charge in [0.05, 0.1) is 28.3 Å². The zero-order chi connectivity index (χ0) is 25.2. The SMILES string of the molecule is CCn1c(SCC(=O)Nc2ccccc2F)nnc1-c1ccc(N2C(=O)c3ccccc3C2=O)cc1. The van der Waals surface area contributed by atoms with Gasteiger partial charge in [-0.15, -0.1) is 10.2 Å². The van der Waals surface area contributed by atoms with Crippen molar-refractivity contribution < 1.29 is 18.8 Å². The van der Waals surface area contributed by atoms with E-state index in [0.717, 1.165) is 10.5 Å². The summed E-state index contributed by atoms with van der Waals surface area (Å²) >= 11 is 1.19. The summed E-state index contributed by atoms with van der Waals surface area (Å²) in [6.45, 7) is 2.49. The second-order valence-corrected chi connectivity index (χ2v) is 8.85. The maximum absolute atomic E-state index is 13.8. The Kier molecular flexibility index (Phi) is 6.34. The second kappa shape index (κ2) is 9.74. The molecule has 3 amide bonds. The quantitative estimate of drug-likeness (QED) is 0.293. The Bertz CT molecular complexity index is 1450. The first-order valence-electron chi connectivity index (χ1n) is 11.2. The molecule has 0 radical (unpaired) electrons. The summed E-state index contributed by atoms with van der Waals surface area (Å²) in [7, 11) is 0. The smallest absolute Gasteiger partial charge is 0.266 e. The molecule has 0 spiro atoms. The van der Waals surface area contributed by atoms with Crippen LogP contribution in [0.25, 0.3) is 11.4 Å². The Balaban J connectivity index is 1.30. The topological polar surface area (TPSA) is 97.2 Å². The molecular weight excluding hydrogens is 481 g/mol. The average Bonchev–Trinajstić information content (AvgIpc) is 3.42. The highest BCUT2D eigenvalue weighted by Crippen LogP contribution is 2.31. The van der Waals surface area contributed by atoms with Gasteiger partial charge in [0.25, 0.3) is 11.8 Å². The number of carbonyl (C=O) groups is 3. The standard InChI is InChI=1S/C26H20FN5O3S/c1-2-31-23(29-30-26(31)36-15-22(33)28-21-10-6-5-9-20(21)27)16-11-13-17(14-12-16)32-24(34)18-7-3-4-8-19(18)25(32)35/h3-14H,2,15H2,1H3,(H,28,33). The van der Waals surface area contributed by atoms with Crippen LogP contribution >= 0.6 is 11.8 Å². The van der Waals surface area contributed by atoms with E-state index in [9.17, 15) is 18.8 Å². The van der Waals surface area contributed by atoms with E-state index in [2.05, 4.69) is 15.5 Å². The van der Waals surface area contributed by atoms with Gasteiger partial charge in [0.15, 0.2) is 11.0 Å². The summed E-state index contributed by atoms with van der Waals surface area (Å²) in [6.07, 6.45) is 0. The lowest BCUT2D eigenvalue weighted by molar-refractivity contribution is -0.113. The molecule has 1 aliphatic heterocycles. The molecule has 0 bridgehead atoms. The van der Waals surface area contributed by atoms with E-state index in [0.29, 0.717) is 34.3 Å². The summed E-state index contributed by atoms with van der Waals surface area (Å²) in [5.74, 6) is -0.948. The number of nitrogens with one attached hydrogen (secondary N) is 1. The van der Waals surface area contributed by atoms with Gasteiger partial charge in [-0.3, -0.25) is 14.4 Å². The minimum atomic E-state index is -0.500. The fourth-order valence-corrected chi connectivity index (χ4v) is 4.76. The molecule has 0 atom stereocenters. The van der Waals surface area contributed by atoms with E-state index in [4.69, 9.17) is 0 Å². The summed E-state index contributed by atoms with van der Waals surface area (Å²) in [6, 6.07) is 19.7. The molecule has 1 N–H and O–H groups in total. The molecule has 36 heavy (non-hydrogen) atoms. The highest BCUT2D eigenvalue weighted by molar-refractivity contribution is 7.99. The van der Waals surface area contributed by atoms with Gasteiger partial charge in [-0.05, 0) is 55.5 Å². The van der Waals surface area contributed by atoms with Crippen LogP contribution in [0.3, 0.4) is 0 Å². The van der Waals surface area contributed by atoms with Crippen molar-refractivity contribution in [2.24, 2.45) is 0 Å². The number of aromatic nitrogens is 3. The number of fused-ring (bicyclic) bond motifs is 1. The number of rotatable bonds is 7. The Labute approximate surface area is 210 Å². The van der Waals surface area contributed by atoms with Crippen molar-refractivity contribution in [3.8, 4) is 11.4 Å². The number of hydrogen-bond donors (Lipinski definition) is 1. The molecule has 0 aliphatic carbocycles. The molecule has 1 aliphatic rings. The number of amides is 3. The molecule has 10 heteroatoms. The lowest BCUT2D eigenvalue weighted by Gasteiger charge is -2.14. The third kappa shape index (κ3) is 4.27. The fraction of sp³-hybridized carbons (Fsp3) is 0.115. The minimum absolute atomic E-state index is 0.0329. The van der Waals surface area contributed by atoms with Crippen LogP contribution < -0.4 is 10.2 Å². The molecule has 8 nitrogen and oxygen atoms in total. The lowest BCUT2D eigenvalue weighted by Crippen LogP contribution is -2.29. The third-order valence-corrected chi connectivity index (χ3v) is 6.66. The highest BCUT2D eigenvalue weighted by Gasteiger charge is 2.36. The Morgan fingerprint density at radius 3 is 2.19 bits per heavy atom. The molecule has 2 heterocycles. The summed E-state index contributed by atoms with van der Waals surface area (Å²) < 4.78 is 15.6. The Morgan fingerprint density at radius 1 is 0.917 bits per heavy atom. The molecule has 0 saturated heterocycles. The fourth-order valence-electron chi connectivity index (χ4n) is 3.96. The first kappa shape index (κ1) is 23.4. The van der Waals surface area contributed by atoms with Gasteiger partial charge in [0.2, 0.25) is 5.91 Å². The first-order valence-corrected chi connectivity index (χ1v) is 12.1. The molecule has 4 aromatic rings. The largest absolute Gasteiger partial charge is 0.323 e. The van der Waals surface area contributed by atoms with Gasteiger partial charge in [-0.2, -0.15) is 0 Å². The van der Waals surface area contributed by atoms with Crippen molar-refractivity contribution in [3.05, 3.63) is 89.7 Å². The molecule has 180 valence electrons. The van der Waals surface area contributed by atoms with E-state index in [1.54, 1.807) is 60.7 Å². The molecule has 1 aromatic heterocycles. The monoisotopic (exact) mass is 501 g/mol. The lowest BCUT2D eigenvalue weighted by atomic mass is 10.1. The van der Waals surface area contributed by atoms with Crippen LogP contribution in [0.5, 0.6) is 0 Å². The predicted molar refractivity (Wildman–Crippen MR) is 134 cm³/mol. The number of para-hydroxylation sites is 1. The van der Waals surface area contributed by atoms with Crippen LogP contribution in [0, 0.1) is 5.82 Å². The number of benzene rings is 3. The number of nitrogens with zero attached hydrogens (tertiary/aromatic N) is 4. The van der Waals surface area contributed by atoms with E-state index >= 15 is 0 Å². The Morgan fingerprint density at radius 2 is 1.56 bits per heavy atom. The summed E-state index contributed by atoms with van der Waals surface area (Å²) in [4.78, 5) is 39.0. The number of hydrogen-bond acceptors (Lipinski definition) is 6. The van der Waals surface area contributed by atoms with Crippen LogP contribution in [-0.4, -0.2) is 38.2 Å². The number of halogens is 1. The molecule has 0 saturated carbocycles. The van der Waals surface area contributed by atoms with Gasteiger partial charge in [0.1, 0.15) is 5.82 Å². The molecule has 0 unspecified atom stereocenters. The van der Waals surface area contributed by atoms with Crippen LogP contribution in [-0.2, 0) is 11.3 Å². The van der Waals surface area contributed by atoms with E-state index in [1.807, 2.05) is 11.5 Å². The zero-order valence-corrected chi connectivity index (χ0v) is 20.0. The van der Waals surface area contributed by atoms with Crippen LogP contribution in [0.1, 0.15) is 27.6 Å².